The van der Waals surface area contributed by atoms with Crippen molar-refractivity contribution in [2.24, 2.45) is 0 Å². The molecule has 2 unspecified atom stereocenters. The van der Waals surface area contributed by atoms with Crippen LogP contribution in [0.5, 0.6) is 5.75 Å². The number of carbonyl (C=O) groups is 5. The predicted molar refractivity (Wildman–Crippen MR) is 114 cm³/mol. The fourth-order valence-electron chi connectivity index (χ4n) is 2.57. The normalized spacial score (nSPS) is 12.6. The third-order valence-electron chi connectivity index (χ3n) is 4.00. The summed E-state index contributed by atoms with van der Waals surface area (Å²) in [5.74, 6) is -3.92. The van der Waals surface area contributed by atoms with E-state index in [1.807, 2.05) is 0 Å². The second-order valence-electron chi connectivity index (χ2n) is 8.03. The minimum atomic E-state index is -1.53. The second kappa shape index (κ2) is 12.3. The summed E-state index contributed by atoms with van der Waals surface area (Å²) in [7, 11) is 1.12. The summed E-state index contributed by atoms with van der Waals surface area (Å²) in [5, 5.41) is 25.3. The number of hydrogen-bond donors (Lipinski definition) is 5. The third-order valence-corrected chi connectivity index (χ3v) is 4.00. The molecule has 0 radical (unpaired) electrons. The number of amides is 3. The number of carboxylic acid groups (broad SMARTS) is 1. The number of alkyl carbamates (subject to hydrolysis) is 1. The first-order valence-electron chi connectivity index (χ1n) is 9.95. The van der Waals surface area contributed by atoms with Crippen LogP contribution in [0.4, 0.5) is 4.79 Å². The van der Waals surface area contributed by atoms with Crippen LogP contribution in [0.2, 0.25) is 0 Å². The Labute approximate surface area is 190 Å². The summed E-state index contributed by atoms with van der Waals surface area (Å²) in [6.45, 7) is 4.34. The van der Waals surface area contributed by atoms with Gasteiger partial charge in [0, 0.05) is 6.42 Å². The van der Waals surface area contributed by atoms with Crippen LogP contribution in [-0.2, 0) is 35.1 Å². The van der Waals surface area contributed by atoms with Crippen molar-refractivity contribution in [2.75, 3.05) is 13.7 Å². The zero-order valence-corrected chi connectivity index (χ0v) is 18.8. The van der Waals surface area contributed by atoms with Crippen LogP contribution in [0.1, 0.15) is 32.8 Å². The first-order chi connectivity index (χ1) is 15.3. The molecule has 0 spiro atoms. The molecule has 0 aliphatic rings. The third kappa shape index (κ3) is 10.8. The molecule has 0 aliphatic heterocycles. The number of aliphatic carboxylic acids is 1. The fourth-order valence-corrected chi connectivity index (χ4v) is 2.57. The maximum absolute atomic E-state index is 12.7. The molecule has 3 amide bonds. The van der Waals surface area contributed by atoms with Gasteiger partial charge >= 0.3 is 18.0 Å². The molecule has 0 fully saturated rings. The van der Waals surface area contributed by atoms with E-state index in [2.05, 4.69) is 20.7 Å². The van der Waals surface area contributed by atoms with E-state index < -0.39 is 60.5 Å². The average molecular weight is 467 g/mol. The number of aromatic hydroxyl groups is 1. The number of phenols is 1. The largest absolute Gasteiger partial charge is 0.508 e. The minimum absolute atomic E-state index is 0.00731. The molecule has 0 saturated carbocycles. The van der Waals surface area contributed by atoms with Gasteiger partial charge in [-0.3, -0.25) is 14.4 Å². The number of rotatable bonds is 10. The summed E-state index contributed by atoms with van der Waals surface area (Å²) in [6.07, 6.45) is -1.64. The van der Waals surface area contributed by atoms with Crippen LogP contribution in [-0.4, -0.2) is 71.4 Å². The fraction of sp³-hybridized carbons (Fsp3) is 0.476. The van der Waals surface area contributed by atoms with Gasteiger partial charge in [0.2, 0.25) is 11.8 Å². The molecular formula is C21H29N3O9. The lowest BCUT2D eigenvalue weighted by Crippen LogP contribution is -2.54. The molecule has 182 valence electrons. The number of methoxy groups -OCH3 is 1. The van der Waals surface area contributed by atoms with Crippen LogP contribution >= 0.6 is 0 Å². The minimum Gasteiger partial charge on any atom is -0.508 e. The van der Waals surface area contributed by atoms with Gasteiger partial charge in [-0.25, -0.2) is 9.59 Å². The van der Waals surface area contributed by atoms with Crippen molar-refractivity contribution in [3.63, 3.8) is 0 Å². The molecule has 0 aromatic heterocycles. The Hall–Kier alpha value is -3.83. The van der Waals surface area contributed by atoms with E-state index in [0.29, 0.717) is 5.56 Å². The Kier molecular flexibility index (Phi) is 10.1. The number of benzene rings is 1. The Morgan fingerprint density at radius 1 is 1.00 bits per heavy atom. The van der Waals surface area contributed by atoms with Gasteiger partial charge in [-0.15, -0.1) is 0 Å². The van der Waals surface area contributed by atoms with Gasteiger partial charge in [-0.2, -0.15) is 0 Å². The van der Waals surface area contributed by atoms with Gasteiger partial charge in [0.1, 0.15) is 30.0 Å². The maximum Gasteiger partial charge on any atom is 0.408 e. The van der Waals surface area contributed by atoms with Crippen LogP contribution in [0.25, 0.3) is 0 Å². The van der Waals surface area contributed by atoms with E-state index >= 15 is 0 Å². The smallest absolute Gasteiger partial charge is 0.408 e. The molecule has 0 aliphatic carbocycles. The summed E-state index contributed by atoms with van der Waals surface area (Å²) < 4.78 is 9.68. The van der Waals surface area contributed by atoms with E-state index in [9.17, 15) is 29.1 Å². The maximum atomic E-state index is 12.7. The van der Waals surface area contributed by atoms with Crippen LogP contribution in [0, 0.1) is 0 Å². The summed E-state index contributed by atoms with van der Waals surface area (Å²) in [6, 6.07) is 3.17. The molecule has 2 atom stereocenters. The number of carbonyl (C=O) groups excluding carboxylic acids is 4. The first kappa shape index (κ1) is 27.2. The Balaban J connectivity index is 2.82. The number of esters is 1. The Morgan fingerprint density at radius 3 is 2.12 bits per heavy atom. The molecule has 0 bridgehead atoms. The molecule has 12 heteroatoms. The summed E-state index contributed by atoms with van der Waals surface area (Å²) in [5.41, 5.74) is -0.198. The highest BCUT2D eigenvalue weighted by Gasteiger charge is 2.29. The topological polar surface area (TPSA) is 180 Å². The van der Waals surface area contributed by atoms with Crippen molar-refractivity contribution in [1.29, 1.82) is 0 Å². The first-order valence-corrected chi connectivity index (χ1v) is 9.95. The molecule has 1 aromatic rings. The van der Waals surface area contributed by atoms with E-state index in [1.165, 1.54) is 24.3 Å². The average Bonchev–Trinajstić information content (AvgIpc) is 2.70. The standard InChI is InChI=1S/C21H29N3O9/c1-21(2,3)33-20(31)22-11-16(26)23-14(10-17(27)28)18(29)24-15(19(30)32-4)9-12-5-7-13(25)8-6-12/h5-8,14-15,25H,9-11H2,1-4H3,(H,22,31)(H,23,26)(H,24,29)(H,27,28). The summed E-state index contributed by atoms with van der Waals surface area (Å²) >= 11 is 0. The zero-order chi connectivity index (χ0) is 25.2. The molecule has 5 N–H and O–H groups in total. The molecule has 12 nitrogen and oxygen atoms in total. The molecular weight excluding hydrogens is 438 g/mol. The molecule has 1 rings (SSSR count). The number of ether oxygens (including phenoxy) is 2. The van der Waals surface area contributed by atoms with Gasteiger partial charge in [-0.1, -0.05) is 12.1 Å². The van der Waals surface area contributed by atoms with Gasteiger partial charge < -0.3 is 35.6 Å². The van der Waals surface area contributed by atoms with Crippen molar-refractivity contribution >= 4 is 29.8 Å². The highest BCUT2D eigenvalue weighted by Crippen LogP contribution is 2.12. The summed E-state index contributed by atoms with van der Waals surface area (Å²) in [4.78, 5) is 59.8. The van der Waals surface area contributed by atoms with Gasteiger partial charge in [0.15, 0.2) is 0 Å². The lowest BCUT2D eigenvalue weighted by Gasteiger charge is -2.22. The number of nitrogens with one attached hydrogen (secondary N) is 3. The monoisotopic (exact) mass is 467 g/mol. The van der Waals surface area contributed by atoms with Crippen LogP contribution in [0.3, 0.4) is 0 Å². The van der Waals surface area contributed by atoms with Crippen LogP contribution in [0.15, 0.2) is 24.3 Å². The number of hydrogen-bond acceptors (Lipinski definition) is 8. The lowest BCUT2D eigenvalue weighted by molar-refractivity contribution is -0.145. The van der Waals surface area contributed by atoms with Crippen molar-refractivity contribution < 1.29 is 43.7 Å². The van der Waals surface area contributed by atoms with Gasteiger partial charge in [0.25, 0.3) is 0 Å². The van der Waals surface area contributed by atoms with Gasteiger partial charge in [-0.05, 0) is 38.5 Å². The number of phenolic OH excluding ortho intramolecular Hbond substituents is 1. The SMILES string of the molecule is COC(=O)C(Cc1ccc(O)cc1)NC(=O)C(CC(=O)O)NC(=O)CNC(=O)OC(C)(C)C. The quantitative estimate of drug-likeness (QED) is 0.298. The van der Waals surface area contributed by atoms with Gasteiger partial charge in [0.05, 0.1) is 13.5 Å². The Bertz CT molecular complexity index is 863. The van der Waals surface area contributed by atoms with Crippen molar-refractivity contribution in [3.05, 3.63) is 29.8 Å². The molecule has 0 saturated heterocycles. The highest BCUT2D eigenvalue weighted by molar-refractivity contribution is 5.94. The molecule has 33 heavy (non-hydrogen) atoms. The second-order valence-corrected chi connectivity index (χ2v) is 8.03. The number of carboxylic acids is 1. The van der Waals surface area contributed by atoms with E-state index in [-0.39, 0.29) is 12.2 Å². The van der Waals surface area contributed by atoms with Crippen molar-refractivity contribution in [3.8, 4) is 5.75 Å². The van der Waals surface area contributed by atoms with E-state index in [4.69, 9.17) is 9.84 Å². The van der Waals surface area contributed by atoms with E-state index in [1.54, 1.807) is 20.8 Å². The Morgan fingerprint density at radius 2 is 1.61 bits per heavy atom. The predicted octanol–water partition coefficient (Wildman–Crippen LogP) is 0.0767. The lowest BCUT2D eigenvalue weighted by atomic mass is 10.0. The van der Waals surface area contributed by atoms with Crippen molar-refractivity contribution in [2.45, 2.75) is 51.3 Å². The molecule has 0 heterocycles. The zero-order valence-electron chi connectivity index (χ0n) is 18.8. The van der Waals surface area contributed by atoms with Crippen LogP contribution < -0.4 is 16.0 Å². The van der Waals surface area contributed by atoms with E-state index in [0.717, 1.165) is 7.11 Å². The highest BCUT2D eigenvalue weighted by atomic mass is 16.6. The van der Waals surface area contributed by atoms with Crippen molar-refractivity contribution in [1.82, 2.24) is 16.0 Å². The molecule has 1 aromatic carbocycles.